The second-order valence-corrected chi connectivity index (χ2v) is 4.40. The molecule has 4 nitrogen and oxygen atoms in total. The Hall–Kier alpha value is -1.30. The zero-order valence-electron chi connectivity index (χ0n) is 8.27. The first kappa shape index (κ1) is 11.8. The van der Waals surface area contributed by atoms with Gasteiger partial charge in [-0.3, -0.25) is 10.1 Å². The number of nitrogens with zero attached hydrogens (tertiary/aromatic N) is 1. The zero-order chi connectivity index (χ0) is 11.4. The Labute approximate surface area is 90.8 Å². The third-order valence-electron chi connectivity index (χ3n) is 1.45. The SMILES string of the molecule is CC(C)SOc1ccc(F)cc1[N+](=O)[O-]. The van der Waals surface area contributed by atoms with Crippen LogP contribution in [0.4, 0.5) is 10.1 Å². The maximum atomic E-state index is 12.7. The summed E-state index contributed by atoms with van der Waals surface area (Å²) in [5.74, 6) is -0.580. The standard InChI is InChI=1S/C9H10FNO3S/c1-6(2)15-14-9-4-3-7(10)5-8(9)11(12)13/h3-6H,1-2H3. The van der Waals surface area contributed by atoms with E-state index < -0.39 is 10.7 Å². The van der Waals surface area contributed by atoms with Crippen LogP contribution in [0.15, 0.2) is 18.2 Å². The predicted molar refractivity (Wildman–Crippen MR) is 56.4 cm³/mol. The first-order chi connectivity index (χ1) is 7.00. The van der Waals surface area contributed by atoms with Crippen LogP contribution in [0, 0.1) is 15.9 Å². The van der Waals surface area contributed by atoms with Gasteiger partial charge in [0.25, 0.3) is 0 Å². The molecule has 0 saturated carbocycles. The highest BCUT2D eigenvalue weighted by Gasteiger charge is 2.17. The topological polar surface area (TPSA) is 52.4 Å². The minimum Gasteiger partial charge on any atom is -0.418 e. The minimum atomic E-state index is -0.667. The molecule has 0 amide bonds. The van der Waals surface area contributed by atoms with E-state index >= 15 is 0 Å². The second kappa shape index (κ2) is 4.97. The fourth-order valence-corrected chi connectivity index (χ4v) is 1.29. The van der Waals surface area contributed by atoms with Crippen molar-refractivity contribution in [2.75, 3.05) is 0 Å². The van der Waals surface area contributed by atoms with E-state index in [1.54, 1.807) is 0 Å². The molecule has 0 heterocycles. The molecule has 0 aromatic heterocycles. The highest BCUT2D eigenvalue weighted by atomic mass is 32.2. The fourth-order valence-electron chi connectivity index (χ4n) is 0.852. The molecule has 1 rings (SSSR count). The molecule has 6 heteroatoms. The lowest BCUT2D eigenvalue weighted by atomic mass is 10.3. The molecular formula is C9H10FNO3S. The number of hydrogen-bond donors (Lipinski definition) is 0. The molecule has 0 saturated heterocycles. The number of halogens is 1. The van der Waals surface area contributed by atoms with Crippen molar-refractivity contribution in [2.45, 2.75) is 19.1 Å². The first-order valence-corrected chi connectivity index (χ1v) is 5.08. The third-order valence-corrected chi connectivity index (χ3v) is 2.11. The molecule has 82 valence electrons. The summed E-state index contributed by atoms with van der Waals surface area (Å²) in [5.41, 5.74) is -0.358. The molecule has 0 aliphatic carbocycles. The maximum Gasteiger partial charge on any atom is 0.315 e. The highest BCUT2D eigenvalue weighted by Crippen LogP contribution is 2.30. The van der Waals surface area contributed by atoms with Crippen LogP contribution >= 0.6 is 12.0 Å². The van der Waals surface area contributed by atoms with Gasteiger partial charge in [-0.05, 0) is 12.1 Å². The largest absolute Gasteiger partial charge is 0.418 e. The van der Waals surface area contributed by atoms with Gasteiger partial charge in [-0.25, -0.2) is 4.39 Å². The maximum absolute atomic E-state index is 12.7. The second-order valence-electron chi connectivity index (χ2n) is 3.10. The van der Waals surface area contributed by atoms with Gasteiger partial charge >= 0.3 is 5.69 Å². The fraction of sp³-hybridized carbons (Fsp3) is 0.333. The summed E-state index contributed by atoms with van der Waals surface area (Å²) >= 11 is 1.09. The predicted octanol–water partition coefficient (Wildman–Crippen LogP) is 3.17. The molecule has 0 atom stereocenters. The summed E-state index contributed by atoms with van der Waals surface area (Å²) in [6, 6.07) is 3.22. The van der Waals surface area contributed by atoms with E-state index in [0.29, 0.717) is 0 Å². The van der Waals surface area contributed by atoms with Crippen LogP contribution in [0.5, 0.6) is 5.75 Å². The van der Waals surface area contributed by atoms with Crippen LogP contribution in [0.1, 0.15) is 13.8 Å². The minimum absolute atomic E-state index is 0.0695. The average molecular weight is 231 g/mol. The Balaban J connectivity index is 2.91. The van der Waals surface area contributed by atoms with Crippen LogP contribution < -0.4 is 4.18 Å². The summed E-state index contributed by atoms with van der Waals surface area (Å²) < 4.78 is 17.9. The molecule has 1 aromatic rings. The van der Waals surface area contributed by atoms with E-state index in [4.69, 9.17) is 4.18 Å². The number of nitro groups is 1. The summed E-state index contributed by atoms with van der Waals surface area (Å²) in [7, 11) is 0. The van der Waals surface area contributed by atoms with Gasteiger partial charge in [0.05, 0.1) is 23.0 Å². The first-order valence-electron chi connectivity index (χ1n) is 4.28. The van der Waals surface area contributed by atoms with Gasteiger partial charge in [-0.15, -0.1) is 0 Å². The zero-order valence-corrected chi connectivity index (χ0v) is 9.08. The smallest absolute Gasteiger partial charge is 0.315 e. The lowest BCUT2D eigenvalue weighted by molar-refractivity contribution is -0.385. The number of hydrogen-bond acceptors (Lipinski definition) is 4. The number of rotatable bonds is 4. The molecule has 0 aliphatic heterocycles. The molecule has 15 heavy (non-hydrogen) atoms. The van der Waals surface area contributed by atoms with Crippen molar-refractivity contribution in [1.82, 2.24) is 0 Å². The molecule has 0 N–H and O–H groups in total. The van der Waals surface area contributed by atoms with Gasteiger partial charge in [0.2, 0.25) is 5.75 Å². The third kappa shape index (κ3) is 3.39. The normalized spacial score (nSPS) is 10.4. The van der Waals surface area contributed by atoms with Gasteiger partial charge in [0, 0.05) is 5.25 Å². The van der Waals surface area contributed by atoms with Crippen LogP contribution in [-0.2, 0) is 0 Å². The summed E-state index contributed by atoms with van der Waals surface area (Å²) in [4.78, 5) is 9.90. The van der Waals surface area contributed by atoms with Crippen molar-refractivity contribution >= 4 is 17.7 Å². The molecule has 0 radical (unpaired) electrons. The quantitative estimate of drug-likeness (QED) is 0.453. The highest BCUT2D eigenvalue weighted by molar-refractivity contribution is 7.95. The average Bonchev–Trinajstić information content (AvgIpc) is 2.15. The number of nitro benzene ring substituents is 1. The Morgan fingerprint density at radius 2 is 2.20 bits per heavy atom. The van der Waals surface area contributed by atoms with Gasteiger partial charge in [-0.2, -0.15) is 0 Å². The molecule has 0 unspecified atom stereocenters. The lowest BCUT2D eigenvalue weighted by Gasteiger charge is -2.06. The van der Waals surface area contributed by atoms with Crippen LogP contribution in [-0.4, -0.2) is 10.2 Å². The van der Waals surface area contributed by atoms with E-state index in [9.17, 15) is 14.5 Å². The van der Waals surface area contributed by atoms with Crippen molar-refractivity contribution in [3.05, 3.63) is 34.1 Å². The van der Waals surface area contributed by atoms with Crippen LogP contribution in [0.25, 0.3) is 0 Å². The van der Waals surface area contributed by atoms with Crippen molar-refractivity contribution in [3.8, 4) is 5.75 Å². The van der Waals surface area contributed by atoms with Gasteiger partial charge in [-0.1, -0.05) is 13.8 Å². The van der Waals surface area contributed by atoms with E-state index in [0.717, 1.165) is 24.2 Å². The van der Waals surface area contributed by atoms with E-state index in [1.165, 1.54) is 6.07 Å². The van der Waals surface area contributed by atoms with Gasteiger partial charge < -0.3 is 4.18 Å². The Morgan fingerprint density at radius 3 is 2.73 bits per heavy atom. The lowest BCUT2D eigenvalue weighted by Crippen LogP contribution is -1.96. The molecule has 0 aliphatic rings. The summed E-state index contributed by atoms with van der Waals surface area (Å²) in [6.45, 7) is 3.78. The van der Waals surface area contributed by atoms with Crippen molar-refractivity contribution < 1.29 is 13.5 Å². The van der Waals surface area contributed by atoms with Crippen LogP contribution in [0.2, 0.25) is 0 Å². The number of benzene rings is 1. The van der Waals surface area contributed by atoms with Crippen molar-refractivity contribution in [3.63, 3.8) is 0 Å². The summed E-state index contributed by atoms with van der Waals surface area (Å²) in [5, 5.41) is 10.7. The van der Waals surface area contributed by atoms with Crippen molar-refractivity contribution in [2.24, 2.45) is 0 Å². The molecule has 0 spiro atoms. The van der Waals surface area contributed by atoms with Crippen LogP contribution in [0.3, 0.4) is 0 Å². The van der Waals surface area contributed by atoms with Gasteiger partial charge in [0.15, 0.2) is 0 Å². The molecule has 0 bridgehead atoms. The monoisotopic (exact) mass is 231 g/mol. The van der Waals surface area contributed by atoms with E-state index in [-0.39, 0.29) is 16.7 Å². The Kier molecular flexibility index (Phi) is 3.90. The van der Waals surface area contributed by atoms with E-state index in [2.05, 4.69) is 0 Å². The molecule has 1 aromatic carbocycles. The van der Waals surface area contributed by atoms with E-state index in [1.807, 2.05) is 13.8 Å². The van der Waals surface area contributed by atoms with Crippen molar-refractivity contribution in [1.29, 1.82) is 0 Å². The summed E-state index contributed by atoms with van der Waals surface area (Å²) in [6.07, 6.45) is 0. The Morgan fingerprint density at radius 1 is 1.53 bits per heavy atom. The van der Waals surface area contributed by atoms with Gasteiger partial charge in [0.1, 0.15) is 5.82 Å². The molecular weight excluding hydrogens is 221 g/mol. The molecule has 0 fully saturated rings. The Bertz CT molecular complexity index is 370.